The maximum Gasteiger partial charge on any atom is 0.417 e. The Kier molecular flexibility index (Phi) is 6.54. The van der Waals surface area contributed by atoms with Gasteiger partial charge >= 0.3 is 6.18 Å². The molecule has 1 aromatic carbocycles. The molecule has 1 unspecified atom stereocenters. The van der Waals surface area contributed by atoms with Crippen LogP contribution in [0.2, 0.25) is 0 Å². The fourth-order valence-electron chi connectivity index (χ4n) is 2.20. The molecule has 0 amide bonds. The highest BCUT2D eigenvalue weighted by Crippen LogP contribution is 2.33. The second-order valence-electron chi connectivity index (χ2n) is 5.17. The van der Waals surface area contributed by atoms with Crippen molar-refractivity contribution in [2.75, 3.05) is 11.9 Å². The van der Waals surface area contributed by atoms with Gasteiger partial charge in [0.25, 0.3) is 0 Å². The number of rotatable bonds is 7. The van der Waals surface area contributed by atoms with Crippen molar-refractivity contribution in [3.8, 4) is 6.07 Å². The van der Waals surface area contributed by atoms with Gasteiger partial charge in [-0.25, -0.2) is 0 Å². The molecular weight excluding hydrogens is 277 g/mol. The Labute approximate surface area is 124 Å². The first-order chi connectivity index (χ1) is 9.92. The molecule has 1 N–H and O–H groups in total. The number of hydrogen-bond donors (Lipinski definition) is 1. The van der Waals surface area contributed by atoms with Crippen molar-refractivity contribution >= 4 is 5.69 Å². The Morgan fingerprint density at radius 2 is 2.00 bits per heavy atom. The fourth-order valence-corrected chi connectivity index (χ4v) is 2.20. The quantitative estimate of drug-likeness (QED) is 0.750. The summed E-state index contributed by atoms with van der Waals surface area (Å²) in [6.07, 6.45) is -0.0762. The Hall–Kier alpha value is -1.70. The standard InChI is InChI=1S/C16H21F3N2/c1-3-5-6-12(4-2)11-21-14-7-8-15(16(17,18)19)13(9-14)10-20/h7-9,12,21H,3-6,11H2,1-2H3. The van der Waals surface area contributed by atoms with Crippen molar-refractivity contribution < 1.29 is 13.2 Å². The maximum atomic E-state index is 12.7. The predicted octanol–water partition coefficient (Wildman–Crippen LogP) is 5.21. The van der Waals surface area contributed by atoms with Crippen LogP contribution < -0.4 is 5.32 Å². The Balaban J connectivity index is 2.75. The summed E-state index contributed by atoms with van der Waals surface area (Å²) in [4.78, 5) is 0. The Morgan fingerprint density at radius 1 is 1.29 bits per heavy atom. The monoisotopic (exact) mass is 298 g/mol. The lowest BCUT2D eigenvalue weighted by molar-refractivity contribution is -0.137. The summed E-state index contributed by atoms with van der Waals surface area (Å²) in [6, 6.07) is 5.24. The lowest BCUT2D eigenvalue weighted by Gasteiger charge is -2.17. The second kappa shape index (κ2) is 7.92. The van der Waals surface area contributed by atoms with Crippen LogP contribution in [0.3, 0.4) is 0 Å². The normalized spacial score (nSPS) is 12.8. The minimum Gasteiger partial charge on any atom is -0.385 e. The SMILES string of the molecule is CCCCC(CC)CNc1ccc(C(F)(F)F)c(C#N)c1. The topological polar surface area (TPSA) is 35.8 Å². The smallest absolute Gasteiger partial charge is 0.385 e. The zero-order valence-corrected chi connectivity index (χ0v) is 12.4. The van der Waals surface area contributed by atoms with Gasteiger partial charge in [0, 0.05) is 12.2 Å². The molecule has 1 aromatic rings. The van der Waals surface area contributed by atoms with E-state index in [0.717, 1.165) is 31.7 Å². The van der Waals surface area contributed by atoms with Crippen molar-refractivity contribution in [3.05, 3.63) is 29.3 Å². The van der Waals surface area contributed by atoms with Gasteiger partial charge in [0.15, 0.2) is 0 Å². The molecular formula is C16H21F3N2. The third-order valence-corrected chi connectivity index (χ3v) is 3.58. The average molecular weight is 298 g/mol. The molecule has 1 rings (SSSR count). The van der Waals surface area contributed by atoms with Gasteiger partial charge in [-0.05, 0) is 30.5 Å². The van der Waals surface area contributed by atoms with E-state index in [2.05, 4.69) is 19.2 Å². The molecule has 0 aliphatic rings. The van der Waals surface area contributed by atoms with Gasteiger partial charge < -0.3 is 5.32 Å². The molecule has 0 fully saturated rings. The van der Waals surface area contributed by atoms with Crippen LogP contribution in [0.5, 0.6) is 0 Å². The van der Waals surface area contributed by atoms with Crippen molar-refractivity contribution in [2.24, 2.45) is 5.92 Å². The molecule has 0 spiro atoms. The lowest BCUT2D eigenvalue weighted by atomic mass is 9.99. The van der Waals surface area contributed by atoms with Crippen LogP contribution >= 0.6 is 0 Å². The number of nitrogens with zero attached hydrogens (tertiary/aromatic N) is 1. The molecule has 5 heteroatoms. The summed E-state index contributed by atoms with van der Waals surface area (Å²) < 4.78 is 38.1. The molecule has 116 valence electrons. The highest BCUT2D eigenvalue weighted by atomic mass is 19.4. The van der Waals surface area contributed by atoms with Crippen LogP contribution in [-0.4, -0.2) is 6.54 Å². The van der Waals surface area contributed by atoms with E-state index in [-0.39, 0.29) is 5.56 Å². The van der Waals surface area contributed by atoms with E-state index in [1.807, 2.05) is 0 Å². The number of alkyl halides is 3. The molecule has 21 heavy (non-hydrogen) atoms. The summed E-state index contributed by atoms with van der Waals surface area (Å²) >= 11 is 0. The largest absolute Gasteiger partial charge is 0.417 e. The first-order valence-corrected chi connectivity index (χ1v) is 7.27. The van der Waals surface area contributed by atoms with Gasteiger partial charge in [-0.3, -0.25) is 0 Å². The summed E-state index contributed by atoms with van der Waals surface area (Å²) in [5.74, 6) is 0.498. The Bertz CT molecular complexity index is 489. The minimum atomic E-state index is -4.49. The van der Waals surface area contributed by atoms with Crippen LogP contribution in [0, 0.1) is 17.2 Å². The molecule has 0 saturated heterocycles. The molecule has 0 aliphatic carbocycles. The zero-order chi connectivity index (χ0) is 15.9. The van der Waals surface area contributed by atoms with Gasteiger partial charge in [0.2, 0.25) is 0 Å². The molecule has 1 atom stereocenters. The van der Waals surface area contributed by atoms with Crippen LogP contribution in [-0.2, 0) is 6.18 Å². The van der Waals surface area contributed by atoms with E-state index >= 15 is 0 Å². The summed E-state index contributed by atoms with van der Waals surface area (Å²) in [5, 5.41) is 12.0. The van der Waals surface area contributed by atoms with E-state index in [9.17, 15) is 13.2 Å². The third-order valence-electron chi connectivity index (χ3n) is 3.58. The molecule has 0 saturated carbocycles. The lowest BCUT2D eigenvalue weighted by Crippen LogP contribution is -2.14. The first-order valence-electron chi connectivity index (χ1n) is 7.27. The average Bonchev–Trinajstić information content (AvgIpc) is 2.46. The number of benzene rings is 1. The zero-order valence-electron chi connectivity index (χ0n) is 12.4. The molecule has 0 aromatic heterocycles. The number of anilines is 1. The fraction of sp³-hybridized carbons (Fsp3) is 0.562. The van der Waals surface area contributed by atoms with E-state index in [4.69, 9.17) is 5.26 Å². The van der Waals surface area contributed by atoms with Gasteiger partial charge in [0.1, 0.15) is 0 Å². The van der Waals surface area contributed by atoms with E-state index in [0.29, 0.717) is 18.2 Å². The molecule has 0 bridgehead atoms. The van der Waals surface area contributed by atoms with Crippen molar-refractivity contribution in [2.45, 2.75) is 45.7 Å². The summed E-state index contributed by atoms with van der Waals surface area (Å²) in [5.41, 5.74) is -0.655. The molecule has 0 heterocycles. The van der Waals surface area contributed by atoms with Gasteiger partial charge in [0.05, 0.1) is 17.2 Å². The number of unbranched alkanes of at least 4 members (excludes halogenated alkanes) is 1. The number of halogens is 3. The highest BCUT2D eigenvalue weighted by Gasteiger charge is 2.33. The molecule has 2 nitrogen and oxygen atoms in total. The molecule has 0 aliphatic heterocycles. The van der Waals surface area contributed by atoms with Gasteiger partial charge in [-0.1, -0.05) is 33.1 Å². The number of nitrogens with one attached hydrogen (secondary N) is 1. The Morgan fingerprint density at radius 3 is 2.52 bits per heavy atom. The number of nitriles is 1. The van der Waals surface area contributed by atoms with E-state index in [1.165, 1.54) is 12.1 Å². The van der Waals surface area contributed by atoms with Crippen molar-refractivity contribution in [3.63, 3.8) is 0 Å². The van der Waals surface area contributed by atoms with Crippen molar-refractivity contribution in [1.29, 1.82) is 5.26 Å². The first kappa shape index (κ1) is 17.4. The van der Waals surface area contributed by atoms with Crippen molar-refractivity contribution in [1.82, 2.24) is 0 Å². The summed E-state index contributed by atoms with van der Waals surface area (Å²) in [7, 11) is 0. The van der Waals surface area contributed by atoms with Gasteiger partial charge in [-0.15, -0.1) is 0 Å². The summed E-state index contributed by atoms with van der Waals surface area (Å²) in [6.45, 7) is 4.96. The second-order valence-corrected chi connectivity index (χ2v) is 5.17. The number of hydrogen-bond acceptors (Lipinski definition) is 2. The van der Waals surface area contributed by atoms with Gasteiger partial charge in [-0.2, -0.15) is 18.4 Å². The van der Waals surface area contributed by atoms with Crippen LogP contribution in [0.15, 0.2) is 18.2 Å². The van der Waals surface area contributed by atoms with E-state index in [1.54, 1.807) is 6.07 Å². The third kappa shape index (κ3) is 5.30. The molecule has 0 radical (unpaired) electrons. The predicted molar refractivity (Wildman–Crippen MR) is 78.0 cm³/mol. The van der Waals surface area contributed by atoms with Crippen LogP contribution in [0.25, 0.3) is 0 Å². The highest BCUT2D eigenvalue weighted by molar-refractivity contribution is 5.53. The van der Waals surface area contributed by atoms with Crippen LogP contribution in [0.4, 0.5) is 18.9 Å². The van der Waals surface area contributed by atoms with E-state index < -0.39 is 11.7 Å². The minimum absolute atomic E-state index is 0.339. The maximum absolute atomic E-state index is 12.7. The van der Waals surface area contributed by atoms with Crippen LogP contribution in [0.1, 0.15) is 50.7 Å².